The average Bonchev–Trinajstić information content (AvgIpc) is 2.90. The van der Waals surface area contributed by atoms with Crippen LogP contribution in [0.1, 0.15) is 24.3 Å². The fraction of sp³-hybridized carbons (Fsp3) is 0.636. The van der Waals surface area contributed by atoms with Crippen molar-refractivity contribution in [2.24, 2.45) is 0 Å². The third kappa shape index (κ3) is 3.57. The van der Waals surface area contributed by atoms with Gasteiger partial charge >= 0.3 is 0 Å². The Bertz CT molecular complexity index is 320. The summed E-state index contributed by atoms with van der Waals surface area (Å²) in [5.41, 5.74) is 0. The van der Waals surface area contributed by atoms with E-state index in [0.29, 0.717) is 19.0 Å². The molecule has 5 heteroatoms. The maximum Gasteiger partial charge on any atom is 0.221 e. The van der Waals surface area contributed by atoms with Gasteiger partial charge in [0.25, 0.3) is 0 Å². The molecular weight excluding hydrogens is 222 g/mol. The number of rotatable bonds is 5. The van der Waals surface area contributed by atoms with Gasteiger partial charge in [0.05, 0.1) is 5.01 Å². The maximum absolute atomic E-state index is 11.6. The first-order valence-corrected chi connectivity index (χ1v) is 6.61. The van der Waals surface area contributed by atoms with Gasteiger partial charge in [-0.2, -0.15) is 0 Å². The molecule has 1 aromatic heterocycles. The molecule has 1 fully saturated rings. The minimum atomic E-state index is 0.149. The molecule has 0 spiro atoms. The normalized spacial score (nSPS) is 19.9. The molecule has 0 aromatic carbocycles. The van der Waals surface area contributed by atoms with Gasteiger partial charge in [0, 0.05) is 37.0 Å². The zero-order valence-corrected chi connectivity index (χ0v) is 10.1. The Kier molecular flexibility index (Phi) is 4.30. The molecule has 2 heterocycles. The predicted molar refractivity (Wildman–Crippen MR) is 64.5 cm³/mol. The predicted octanol–water partition coefficient (Wildman–Crippen LogP) is 0.944. The second-order valence-electron chi connectivity index (χ2n) is 4.02. The fourth-order valence-electron chi connectivity index (χ4n) is 1.91. The lowest BCUT2D eigenvalue weighted by atomic mass is 10.1. The highest BCUT2D eigenvalue weighted by atomic mass is 32.1. The summed E-state index contributed by atoms with van der Waals surface area (Å²) in [7, 11) is 0. The lowest BCUT2D eigenvalue weighted by molar-refractivity contribution is -0.121. The van der Waals surface area contributed by atoms with E-state index in [1.165, 1.54) is 6.42 Å². The summed E-state index contributed by atoms with van der Waals surface area (Å²) in [5, 5.41) is 9.30. The second-order valence-corrected chi connectivity index (χ2v) is 5.00. The smallest absolute Gasteiger partial charge is 0.221 e. The SMILES string of the molecule is O=C(CC1CCCN1)NCCc1nccs1. The van der Waals surface area contributed by atoms with Crippen LogP contribution in [0.15, 0.2) is 11.6 Å². The number of hydrogen-bond donors (Lipinski definition) is 2. The standard InChI is InChI=1S/C11H17N3OS/c15-10(8-9-2-1-4-12-9)13-5-3-11-14-6-7-16-11/h6-7,9,12H,1-5,8H2,(H,13,15). The van der Waals surface area contributed by atoms with Crippen LogP contribution in [0, 0.1) is 0 Å². The van der Waals surface area contributed by atoms with E-state index in [0.717, 1.165) is 24.4 Å². The highest BCUT2D eigenvalue weighted by Crippen LogP contribution is 2.08. The summed E-state index contributed by atoms with van der Waals surface area (Å²) in [6.45, 7) is 1.75. The van der Waals surface area contributed by atoms with Crippen molar-refractivity contribution in [1.29, 1.82) is 0 Å². The van der Waals surface area contributed by atoms with Crippen molar-refractivity contribution in [2.75, 3.05) is 13.1 Å². The largest absolute Gasteiger partial charge is 0.356 e. The van der Waals surface area contributed by atoms with Crippen LogP contribution in [0.3, 0.4) is 0 Å². The number of hydrogen-bond acceptors (Lipinski definition) is 4. The summed E-state index contributed by atoms with van der Waals surface area (Å²) < 4.78 is 0. The van der Waals surface area contributed by atoms with E-state index >= 15 is 0 Å². The molecule has 0 aliphatic carbocycles. The van der Waals surface area contributed by atoms with Crippen molar-refractivity contribution < 1.29 is 4.79 Å². The fourth-order valence-corrected chi connectivity index (χ4v) is 2.53. The number of thiazole rings is 1. The van der Waals surface area contributed by atoms with Crippen LogP contribution in [-0.2, 0) is 11.2 Å². The first-order chi connectivity index (χ1) is 7.84. The van der Waals surface area contributed by atoms with Crippen LogP contribution in [-0.4, -0.2) is 30.0 Å². The number of aromatic nitrogens is 1. The number of carbonyl (C=O) groups excluding carboxylic acids is 1. The van der Waals surface area contributed by atoms with Crippen LogP contribution in [0.5, 0.6) is 0 Å². The van der Waals surface area contributed by atoms with E-state index in [1.54, 1.807) is 17.5 Å². The van der Waals surface area contributed by atoms with Gasteiger partial charge in [-0.05, 0) is 19.4 Å². The van der Waals surface area contributed by atoms with Crippen LogP contribution < -0.4 is 10.6 Å². The zero-order valence-electron chi connectivity index (χ0n) is 9.24. The molecule has 1 unspecified atom stereocenters. The topological polar surface area (TPSA) is 54.0 Å². The second kappa shape index (κ2) is 5.96. The summed E-state index contributed by atoms with van der Waals surface area (Å²) >= 11 is 1.63. The summed E-state index contributed by atoms with van der Waals surface area (Å²) in [4.78, 5) is 15.7. The number of nitrogens with one attached hydrogen (secondary N) is 2. The van der Waals surface area contributed by atoms with E-state index in [-0.39, 0.29) is 5.91 Å². The van der Waals surface area contributed by atoms with Gasteiger partial charge in [-0.3, -0.25) is 4.79 Å². The molecule has 16 heavy (non-hydrogen) atoms. The van der Waals surface area contributed by atoms with Gasteiger partial charge in [0.15, 0.2) is 0 Å². The minimum Gasteiger partial charge on any atom is -0.356 e. The molecule has 2 rings (SSSR count). The Balaban J connectivity index is 1.60. The maximum atomic E-state index is 11.6. The molecule has 1 atom stereocenters. The average molecular weight is 239 g/mol. The van der Waals surface area contributed by atoms with Crippen molar-refractivity contribution in [3.05, 3.63) is 16.6 Å². The molecule has 0 saturated carbocycles. The third-order valence-electron chi connectivity index (χ3n) is 2.74. The van der Waals surface area contributed by atoms with Gasteiger partial charge in [0.2, 0.25) is 5.91 Å². The Morgan fingerprint density at radius 3 is 3.31 bits per heavy atom. The lowest BCUT2D eigenvalue weighted by Gasteiger charge is -2.09. The lowest BCUT2D eigenvalue weighted by Crippen LogP contribution is -2.32. The Labute approximate surface area is 99.5 Å². The Hall–Kier alpha value is -0.940. The zero-order chi connectivity index (χ0) is 11.2. The van der Waals surface area contributed by atoms with Crippen LogP contribution in [0.4, 0.5) is 0 Å². The molecule has 1 saturated heterocycles. The molecule has 0 radical (unpaired) electrons. The van der Waals surface area contributed by atoms with Gasteiger partial charge in [-0.1, -0.05) is 0 Å². The molecule has 1 aromatic rings. The van der Waals surface area contributed by atoms with E-state index in [9.17, 15) is 4.79 Å². The number of nitrogens with zero attached hydrogens (tertiary/aromatic N) is 1. The molecule has 4 nitrogen and oxygen atoms in total. The summed E-state index contributed by atoms with van der Waals surface area (Å²) in [6.07, 6.45) is 5.56. The molecular formula is C11H17N3OS. The van der Waals surface area contributed by atoms with Gasteiger partial charge in [0.1, 0.15) is 0 Å². The number of amides is 1. The Morgan fingerprint density at radius 1 is 1.69 bits per heavy atom. The van der Waals surface area contributed by atoms with Crippen molar-refractivity contribution >= 4 is 17.2 Å². The Morgan fingerprint density at radius 2 is 2.62 bits per heavy atom. The molecule has 1 aliphatic rings. The third-order valence-corrected chi connectivity index (χ3v) is 3.58. The van der Waals surface area contributed by atoms with Crippen LogP contribution in [0.25, 0.3) is 0 Å². The van der Waals surface area contributed by atoms with Crippen molar-refractivity contribution in [3.8, 4) is 0 Å². The molecule has 2 N–H and O–H groups in total. The van der Waals surface area contributed by atoms with Crippen LogP contribution >= 0.6 is 11.3 Å². The first-order valence-electron chi connectivity index (χ1n) is 5.73. The van der Waals surface area contributed by atoms with Gasteiger partial charge < -0.3 is 10.6 Å². The molecule has 1 amide bonds. The monoisotopic (exact) mass is 239 g/mol. The van der Waals surface area contributed by atoms with E-state index in [1.807, 2.05) is 5.38 Å². The van der Waals surface area contributed by atoms with E-state index in [4.69, 9.17) is 0 Å². The molecule has 88 valence electrons. The quantitative estimate of drug-likeness (QED) is 0.804. The van der Waals surface area contributed by atoms with Crippen molar-refractivity contribution in [2.45, 2.75) is 31.7 Å². The molecule has 1 aliphatic heterocycles. The van der Waals surface area contributed by atoms with Gasteiger partial charge in [-0.25, -0.2) is 4.98 Å². The van der Waals surface area contributed by atoms with Crippen LogP contribution in [0.2, 0.25) is 0 Å². The minimum absolute atomic E-state index is 0.149. The van der Waals surface area contributed by atoms with E-state index in [2.05, 4.69) is 15.6 Å². The van der Waals surface area contributed by atoms with Crippen molar-refractivity contribution in [1.82, 2.24) is 15.6 Å². The van der Waals surface area contributed by atoms with Crippen molar-refractivity contribution in [3.63, 3.8) is 0 Å². The van der Waals surface area contributed by atoms with Gasteiger partial charge in [-0.15, -0.1) is 11.3 Å². The first kappa shape index (κ1) is 11.5. The number of carbonyl (C=O) groups is 1. The van der Waals surface area contributed by atoms with E-state index < -0.39 is 0 Å². The highest BCUT2D eigenvalue weighted by Gasteiger charge is 2.17. The highest BCUT2D eigenvalue weighted by molar-refractivity contribution is 7.09. The summed E-state index contributed by atoms with van der Waals surface area (Å²) in [6, 6.07) is 0.389. The molecule has 0 bridgehead atoms. The summed E-state index contributed by atoms with van der Waals surface area (Å²) in [5.74, 6) is 0.149.